The SMILES string of the molecule is CCNC(=NCC(c1cccs1)N1CCOC(C)C1)NCCc1nc(C(C)C)no1. The van der Waals surface area contributed by atoms with Crippen molar-refractivity contribution < 1.29 is 9.26 Å². The van der Waals surface area contributed by atoms with Gasteiger partial charge in [0.15, 0.2) is 11.8 Å². The summed E-state index contributed by atoms with van der Waals surface area (Å²) in [4.78, 5) is 13.1. The minimum Gasteiger partial charge on any atom is -0.376 e. The predicted octanol–water partition coefficient (Wildman–Crippen LogP) is 2.81. The number of hydrogen-bond acceptors (Lipinski definition) is 7. The molecule has 2 N–H and O–H groups in total. The van der Waals surface area contributed by atoms with Gasteiger partial charge in [0.2, 0.25) is 5.89 Å². The Morgan fingerprint density at radius 1 is 1.40 bits per heavy atom. The molecular formula is C21H34N6O2S. The summed E-state index contributed by atoms with van der Waals surface area (Å²) < 4.78 is 11.1. The minimum absolute atomic E-state index is 0.252. The van der Waals surface area contributed by atoms with Gasteiger partial charge in [0.05, 0.1) is 25.3 Å². The van der Waals surface area contributed by atoms with E-state index in [1.54, 1.807) is 11.3 Å². The van der Waals surface area contributed by atoms with Crippen LogP contribution in [0.3, 0.4) is 0 Å². The van der Waals surface area contributed by atoms with Crippen molar-refractivity contribution in [1.29, 1.82) is 0 Å². The van der Waals surface area contributed by atoms with Crippen molar-refractivity contribution in [2.75, 3.05) is 39.3 Å². The monoisotopic (exact) mass is 434 g/mol. The van der Waals surface area contributed by atoms with Crippen LogP contribution in [0.2, 0.25) is 0 Å². The first kappa shape index (κ1) is 22.7. The Labute approximate surface area is 183 Å². The van der Waals surface area contributed by atoms with Gasteiger partial charge < -0.3 is 19.9 Å². The summed E-state index contributed by atoms with van der Waals surface area (Å²) >= 11 is 1.79. The fraction of sp³-hybridized carbons (Fsp3) is 0.667. The summed E-state index contributed by atoms with van der Waals surface area (Å²) in [6, 6.07) is 4.57. The number of guanidine groups is 1. The molecule has 0 amide bonds. The molecule has 8 nitrogen and oxygen atoms in total. The van der Waals surface area contributed by atoms with Gasteiger partial charge in [-0.05, 0) is 25.3 Å². The molecule has 0 saturated carbocycles. The molecule has 2 aromatic rings. The molecule has 2 aromatic heterocycles. The highest BCUT2D eigenvalue weighted by molar-refractivity contribution is 7.10. The Morgan fingerprint density at radius 2 is 2.27 bits per heavy atom. The van der Waals surface area contributed by atoms with Crippen molar-refractivity contribution in [3.63, 3.8) is 0 Å². The largest absolute Gasteiger partial charge is 0.376 e. The molecule has 1 saturated heterocycles. The fourth-order valence-corrected chi connectivity index (χ4v) is 4.26. The molecule has 166 valence electrons. The maximum absolute atomic E-state index is 5.73. The number of ether oxygens (including phenoxy) is 1. The first-order chi connectivity index (χ1) is 14.6. The first-order valence-corrected chi connectivity index (χ1v) is 11.7. The maximum atomic E-state index is 5.73. The summed E-state index contributed by atoms with van der Waals surface area (Å²) in [6.45, 7) is 13.1. The summed E-state index contributed by atoms with van der Waals surface area (Å²) in [6.07, 6.45) is 0.918. The van der Waals surface area contributed by atoms with Crippen LogP contribution < -0.4 is 10.6 Å². The number of aliphatic imine (C=N–C) groups is 1. The van der Waals surface area contributed by atoms with E-state index in [-0.39, 0.29) is 18.1 Å². The van der Waals surface area contributed by atoms with Gasteiger partial charge in [-0.15, -0.1) is 11.3 Å². The molecule has 2 atom stereocenters. The highest BCUT2D eigenvalue weighted by atomic mass is 32.1. The van der Waals surface area contributed by atoms with Gasteiger partial charge in [-0.25, -0.2) is 0 Å². The zero-order valence-electron chi connectivity index (χ0n) is 18.4. The van der Waals surface area contributed by atoms with Gasteiger partial charge in [0.1, 0.15) is 0 Å². The third-order valence-corrected chi connectivity index (χ3v) is 5.96. The lowest BCUT2D eigenvalue weighted by Gasteiger charge is -2.36. The van der Waals surface area contributed by atoms with E-state index in [1.807, 2.05) is 0 Å². The van der Waals surface area contributed by atoms with Crippen molar-refractivity contribution >= 4 is 17.3 Å². The number of rotatable bonds is 9. The van der Waals surface area contributed by atoms with Gasteiger partial charge in [0, 0.05) is 43.4 Å². The molecule has 0 radical (unpaired) electrons. The number of hydrogen-bond donors (Lipinski definition) is 2. The van der Waals surface area contributed by atoms with Crippen LogP contribution in [0.4, 0.5) is 0 Å². The zero-order chi connectivity index (χ0) is 21.3. The zero-order valence-corrected chi connectivity index (χ0v) is 19.2. The molecule has 3 rings (SSSR count). The average Bonchev–Trinajstić information content (AvgIpc) is 3.40. The number of thiophene rings is 1. The number of morpholine rings is 1. The van der Waals surface area contributed by atoms with E-state index < -0.39 is 0 Å². The topological polar surface area (TPSA) is 87.8 Å². The lowest BCUT2D eigenvalue weighted by atomic mass is 10.1. The summed E-state index contributed by atoms with van der Waals surface area (Å²) in [5, 5.41) is 12.9. The van der Waals surface area contributed by atoms with E-state index in [0.717, 1.165) is 38.0 Å². The fourth-order valence-electron chi connectivity index (χ4n) is 3.41. The van der Waals surface area contributed by atoms with Gasteiger partial charge in [-0.2, -0.15) is 4.98 Å². The third kappa shape index (κ3) is 6.52. The molecule has 1 aliphatic rings. The second-order valence-corrected chi connectivity index (χ2v) is 8.78. The van der Waals surface area contributed by atoms with Crippen LogP contribution in [0.25, 0.3) is 0 Å². The van der Waals surface area contributed by atoms with Crippen molar-refractivity contribution in [2.24, 2.45) is 4.99 Å². The molecular weight excluding hydrogens is 400 g/mol. The third-order valence-electron chi connectivity index (χ3n) is 4.98. The molecule has 1 fully saturated rings. The van der Waals surface area contributed by atoms with Crippen molar-refractivity contribution in [3.05, 3.63) is 34.1 Å². The Balaban J connectivity index is 1.60. The van der Waals surface area contributed by atoms with Crippen LogP contribution >= 0.6 is 11.3 Å². The van der Waals surface area contributed by atoms with Crippen molar-refractivity contribution in [2.45, 2.75) is 52.2 Å². The van der Waals surface area contributed by atoms with Gasteiger partial charge in [-0.3, -0.25) is 9.89 Å². The maximum Gasteiger partial charge on any atom is 0.228 e. The van der Waals surface area contributed by atoms with E-state index in [9.17, 15) is 0 Å². The standard InChI is InChI=1S/C21H34N6O2S/c1-5-22-21(23-9-8-19-25-20(15(2)3)26-29-19)24-13-17(18-7-6-12-30-18)27-10-11-28-16(4)14-27/h6-7,12,15-17H,5,8-11,13-14H2,1-4H3,(H2,22,23,24). The van der Waals surface area contributed by atoms with Crippen LogP contribution in [-0.4, -0.2) is 66.4 Å². The quantitative estimate of drug-likeness (QED) is 0.463. The minimum atomic E-state index is 0.252. The molecule has 0 spiro atoms. The molecule has 1 aliphatic heterocycles. The lowest BCUT2D eigenvalue weighted by molar-refractivity contribution is -0.0327. The average molecular weight is 435 g/mol. The van der Waals surface area contributed by atoms with Gasteiger partial charge in [0.25, 0.3) is 0 Å². The Kier molecular flexibility index (Phi) is 8.65. The van der Waals surface area contributed by atoms with Crippen LogP contribution in [0, 0.1) is 0 Å². The summed E-state index contributed by atoms with van der Waals surface area (Å²) in [5.41, 5.74) is 0. The Morgan fingerprint density at radius 3 is 2.93 bits per heavy atom. The van der Waals surface area contributed by atoms with Crippen molar-refractivity contribution in [3.8, 4) is 0 Å². The van der Waals surface area contributed by atoms with Crippen molar-refractivity contribution in [1.82, 2.24) is 25.7 Å². The molecule has 3 heterocycles. The molecule has 0 bridgehead atoms. The highest BCUT2D eigenvalue weighted by Crippen LogP contribution is 2.27. The number of aromatic nitrogens is 2. The molecule has 9 heteroatoms. The Hall–Kier alpha value is -1.97. The van der Waals surface area contributed by atoms with E-state index in [1.165, 1.54) is 4.88 Å². The Bertz CT molecular complexity index is 776. The normalized spacial score (nSPS) is 19.2. The van der Waals surface area contributed by atoms with Crippen LogP contribution in [0.5, 0.6) is 0 Å². The van der Waals surface area contributed by atoms with E-state index in [4.69, 9.17) is 14.3 Å². The van der Waals surface area contributed by atoms with Crippen LogP contribution in [0.1, 0.15) is 56.2 Å². The first-order valence-electron chi connectivity index (χ1n) is 10.8. The number of nitrogens with one attached hydrogen (secondary N) is 2. The smallest absolute Gasteiger partial charge is 0.228 e. The number of nitrogens with zero attached hydrogens (tertiary/aromatic N) is 4. The summed E-state index contributed by atoms with van der Waals surface area (Å²) in [5.74, 6) is 2.49. The van der Waals surface area contributed by atoms with Crippen LogP contribution in [-0.2, 0) is 11.2 Å². The second kappa shape index (κ2) is 11.4. The highest BCUT2D eigenvalue weighted by Gasteiger charge is 2.26. The molecule has 30 heavy (non-hydrogen) atoms. The van der Waals surface area contributed by atoms with E-state index >= 15 is 0 Å². The van der Waals surface area contributed by atoms with E-state index in [0.29, 0.717) is 25.4 Å². The second-order valence-electron chi connectivity index (χ2n) is 7.80. The molecule has 2 unspecified atom stereocenters. The van der Waals surface area contributed by atoms with Gasteiger partial charge in [-0.1, -0.05) is 25.1 Å². The lowest BCUT2D eigenvalue weighted by Crippen LogP contribution is -2.44. The molecule has 0 aromatic carbocycles. The molecule has 0 aliphatic carbocycles. The summed E-state index contributed by atoms with van der Waals surface area (Å²) in [7, 11) is 0. The van der Waals surface area contributed by atoms with E-state index in [2.05, 4.69) is 70.9 Å². The van der Waals surface area contributed by atoms with Crippen LogP contribution in [0.15, 0.2) is 27.0 Å². The predicted molar refractivity (Wildman–Crippen MR) is 120 cm³/mol. The van der Waals surface area contributed by atoms with Gasteiger partial charge >= 0.3 is 0 Å².